The van der Waals surface area contributed by atoms with Crippen molar-refractivity contribution in [3.63, 3.8) is 0 Å². The number of aliphatic hydroxyl groups excluding tert-OH is 1. The number of aliphatic hydroxyl groups is 1. The van der Waals surface area contributed by atoms with E-state index in [4.69, 9.17) is 20.2 Å². The molecule has 3 aromatic rings. The van der Waals surface area contributed by atoms with Crippen LogP contribution in [0, 0.1) is 12.3 Å². The van der Waals surface area contributed by atoms with E-state index >= 15 is 0 Å². The minimum absolute atomic E-state index is 0.157. The molecule has 0 fully saturated rings. The molecule has 0 saturated heterocycles. The Morgan fingerprint density at radius 3 is 2.47 bits per heavy atom. The van der Waals surface area contributed by atoms with Crippen molar-refractivity contribution < 1.29 is 19.7 Å². The molecule has 3 N–H and O–H groups in total. The van der Waals surface area contributed by atoms with Gasteiger partial charge in [-0.25, -0.2) is 4.98 Å². The van der Waals surface area contributed by atoms with Gasteiger partial charge in [-0.05, 0) is 43.0 Å². The van der Waals surface area contributed by atoms with E-state index in [1.807, 2.05) is 6.92 Å². The topological polar surface area (TPSA) is 104 Å². The van der Waals surface area contributed by atoms with Gasteiger partial charge in [-0.15, -0.1) is 11.3 Å². The highest BCUT2D eigenvalue weighted by molar-refractivity contribution is 7.15. The fourth-order valence-corrected chi connectivity index (χ4v) is 4.72. The number of carboxylic acids is 1. The van der Waals surface area contributed by atoms with Gasteiger partial charge in [0.05, 0.1) is 17.0 Å². The van der Waals surface area contributed by atoms with E-state index in [1.54, 1.807) is 35.6 Å². The Morgan fingerprint density at radius 1 is 1.15 bits per heavy atom. The normalized spacial score (nSPS) is 11.9. The predicted octanol–water partition coefficient (Wildman–Crippen LogP) is 6.00. The maximum Gasteiger partial charge on any atom is 0.304 e. The van der Waals surface area contributed by atoms with Crippen LogP contribution in [0.25, 0.3) is 10.6 Å². The zero-order valence-electron chi connectivity index (χ0n) is 19.7. The lowest BCUT2D eigenvalue weighted by atomic mass is 9.89. The predicted molar refractivity (Wildman–Crippen MR) is 136 cm³/mol. The molecule has 3 rings (SSSR count). The molecule has 0 saturated carbocycles. The van der Waals surface area contributed by atoms with Crippen LogP contribution in [0.5, 0.6) is 5.75 Å². The van der Waals surface area contributed by atoms with Crippen LogP contribution in [0.4, 0.5) is 0 Å². The standard InChI is InChI=1S/C27H32N2O4S/c1-3-4-5-19-6-8-21(9-7-19)27-29-18(2)25(34-27)17-33-22-12-10-20(11-13-22)23(16-26(31)32)24(28)14-15-30/h6-13,23,28,30H,3-5,14-17H2,1-2H3,(H,31,32). The van der Waals surface area contributed by atoms with Crippen LogP contribution >= 0.6 is 11.3 Å². The number of ether oxygens (including phenoxy) is 1. The second kappa shape index (κ2) is 12.4. The average molecular weight is 481 g/mol. The fourth-order valence-electron chi connectivity index (χ4n) is 3.74. The van der Waals surface area contributed by atoms with Crippen molar-refractivity contribution in [2.75, 3.05) is 6.61 Å². The molecule has 0 radical (unpaired) electrons. The third-order valence-electron chi connectivity index (χ3n) is 5.75. The molecule has 180 valence electrons. The van der Waals surface area contributed by atoms with Crippen LogP contribution in [0.2, 0.25) is 0 Å². The lowest BCUT2D eigenvalue weighted by Crippen LogP contribution is -2.17. The van der Waals surface area contributed by atoms with E-state index in [9.17, 15) is 9.90 Å². The molecule has 0 aliphatic rings. The number of rotatable bonds is 13. The first-order valence-electron chi connectivity index (χ1n) is 11.6. The molecule has 0 aliphatic carbocycles. The van der Waals surface area contributed by atoms with E-state index in [-0.39, 0.29) is 25.2 Å². The highest BCUT2D eigenvalue weighted by Crippen LogP contribution is 2.30. The van der Waals surface area contributed by atoms with Gasteiger partial charge in [-0.2, -0.15) is 0 Å². The van der Waals surface area contributed by atoms with Gasteiger partial charge in [0.15, 0.2) is 0 Å². The van der Waals surface area contributed by atoms with Gasteiger partial charge in [0.25, 0.3) is 0 Å². The third-order valence-corrected chi connectivity index (χ3v) is 6.93. The van der Waals surface area contributed by atoms with Crippen molar-refractivity contribution >= 4 is 23.0 Å². The molecular weight excluding hydrogens is 448 g/mol. The number of aromatic nitrogens is 1. The smallest absolute Gasteiger partial charge is 0.304 e. The van der Waals surface area contributed by atoms with Crippen molar-refractivity contribution in [3.05, 3.63) is 70.2 Å². The Morgan fingerprint density at radius 2 is 1.85 bits per heavy atom. The summed E-state index contributed by atoms with van der Waals surface area (Å²) in [5, 5.41) is 27.4. The van der Waals surface area contributed by atoms with Crippen LogP contribution < -0.4 is 4.74 Å². The van der Waals surface area contributed by atoms with Crippen LogP contribution in [-0.2, 0) is 17.8 Å². The number of hydrogen-bond acceptors (Lipinski definition) is 6. The minimum atomic E-state index is -0.972. The van der Waals surface area contributed by atoms with E-state index in [0.29, 0.717) is 12.4 Å². The minimum Gasteiger partial charge on any atom is -0.488 e. The van der Waals surface area contributed by atoms with E-state index < -0.39 is 11.9 Å². The Hall–Kier alpha value is -3.03. The molecule has 0 spiro atoms. The van der Waals surface area contributed by atoms with Crippen LogP contribution in [-0.4, -0.2) is 33.5 Å². The Bertz CT molecular complexity index is 1090. The molecule has 1 atom stereocenters. The van der Waals surface area contributed by atoms with E-state index in [1.165, 1.54) is 18.4 Å². The van der Waals surface area contributed by atoms with E-state index in [2.05, 4.69) is 31.2 Å². The van der Waals surface area contributed by atoms with Gasteiger partial charge < -0.3 is 20.4 Å². The lowest BCUT2D eigenvalue weighted by Gasteiger charge is -2.17. The molecule has 7 heteroatoms. The van der Waals surface area contributed by atoms with Crippen molar-refractivity contribution in [1.29, 1.82) is 5.41 Å². The van der Waals surface area contributed by atoms with Gasteiger partial charge in [0.1, 0.15) is 17.4 Å². The number of thiazole rings is 1. The Kier molecular flexibility index (Phi) is 9.36. The van der Waals surface area contributed by atoms with Gasteiger partial charge >= 0.3 is 5.97 Å². The first-order chi connectivity index (χ1) is 16.4. The van der Waals surface area contributed by atoms with Crippen LogP contribution in [0.1, 0.15) is 60.2 Å². The number of carboxylic acid groups (broad SMARTS) is 1. The molecular formula is C27H32N2O4S. The number of unbranched alkanes of at least 4 members (excludes halogenated alkanes) is 1. The third kappa shape index (κ3) is 6.98. The second-order valence-electron chi connectivity index (χ2n) is 8.34. The first-order valence-corrected chi connectivity index (χ1v) is 12.4. The molecule has 1 unspecified atom stereocenters. The summed E-state index contributed by atoms with van der Waals surface area (Å²) in [5.74, 6) is -0.861. The first kappa shape index (κ1) is 25.6. The Balaban J connectivity index is 1.65. The number of carbonyl (C=O) groups is 1. The number of nitrogens with zero attached hydrogens (tertiary/aromatic N) is 1. The van der Waals surface area contributed by atoms with E-state index in [0.717, 1.165) is 33.1 Å². The van der Waals surface area contributed by atoms with Crippen molar-refractivity contribution in [2.45, 2.75) is 58.5 Å². The maximum atomic E-state index is 11.2. The highest BCUT2D eigenvalue weighted by atomic mass is 32.1. The molecule has 34 heavy (non-hydrogen) atoms. The molecule has 1 heterocycles. The molecule has 2 aromatic carbocycles. The lowest BCUT2D eigenvalue weighted by molar-refractivity contribution is -0.137. The quantitative estimate of drug-likeness (QED) is 0.260. The van der Waals surface area contributed by atoms with Gasteiger partial charge in [0, 0.05) is 30.2 Å². The summed E-state index contributed by atoms with van der Waals surface area (Å²) in [6, 6.07) is 15.8. The summed E-state index contributed by atoms with van der Waals surface area (Å²) in [6.07, 6.45) is 3.47. The van der Waals surface area contributed by atoms with Gasteiger partial charge in [-0.1, -0.05) is 49.7 Å². The van der Waals surface area contributed by atoms with Gasteiger partial charge in [-0.3, -0.25) is 4.79 Å². The number of benzene rings is 2. The monoisotopic (exact) mass is 480 g/mol. The summed E-state index contributed by atoms with van der Waals surface area (Å²) in [7, 11) is 0. The summed E-state index contributed by atoms with van der Waals surface area (Å²) >= 11 is 1.63. The largest absolute Gasteiger partial charge is 0.488 e. The summed E-state index contributed by atoms with van der Waals surface area (Å²) in [5.41, 5.74) is 4.35. The molecule has 6 nitrogen and oxygen atoms in total. The summed E-state index contributed by atoms with van der Waals surface area (Å²) in [4.78, 5) is 17.0. The molecule has 0 amide bonds. The SMILES string of the molecule is CCCCc1ccc(-c2nc(C)c(COc3ccc(C(CC(=O)O)C(=N)CCO)cc3)s2)cc1. The summed E-state index contributed by atoms with van der Waals surface area (Å²) < 4.78 is 5.97. The maximum absolute atomic E-state index is 11.2. The van der Waals surface area contributed by atoms with Crippen LogP contribution in [0.3, 0.4) is 0 Å². The number of hydrogen-bond donors (Lipinski definition) is 3. The van der Waals surface area contributed by atoms with Crippen LogP contribution in [0.15, 0.2) is 48.5 Å². The number of aliphatic carboxylic acids is 1. The second-order valence-corrected chi connectivity index (χ2v) is 9.42. The van der Waals surface area contributed by atoms with Crippen molar-refractivity contribution in [2.24, 2.45) is 0 Å². The fraction of sp³-hybridized carbons (Fsp3) is 0.370. The van der Waals surface area contributed by atoms with Gasteiger partial charge in [0.2, 0.25) is 0 Å². The molecule has 0 bridgehead atoms. The molecule has 1 aromatic heterocycles. The average Bonchev–Trinajstić information content (AvgIpc) is 3.21. The molecule has 0 aliphatic heterocycles. The highest BCUT2D eigenvalue weighted by Gasteiger charge is 2.20. The number of nitrogens with one attached hydrogen (secondary N) is 1. The van der Waals surface area contributed by atoms with Crippen molar-refractivity contribution in [1.82, 2.24) is 4.98 Å². The zero-order chi connectivity index (χ0) is 24.5. The summed E-state index contributed by atoms with van der Waals surface area (Å²) in [6.45, 7) is 4.42. The Labute approximate surface area is 204 Å². The zero-order valence-corrected chi connectivity index (χ0v) is 20.5. The van der Waals surface area contributed by atoms with Crippen molar-refractivity contribution in [3.8, 4) is 16.3 Å². The number of aryl methyl sites for hydroxylation is 2.